The zero-order valence-corrected chi connectivity index (χ0v) is 42.9. The van der Waals surface area contributed by atoms with Crippen LogP contribution in [0.2, 0.25) is 0 Å². The molecule has 5 aromatic rings. The first-order valence-corrected chi connectivity index (χ1v) is 27.0. The zero-order valence-electron chi connectivity index (χ0n) is 41.2. The molecule has 5 amide bonds. The molecule has 4 aliphatic heterocycles. The first kappa shape index (κ1) is 53.1. The van der Waals surface area contributed by atoms with Crippen LogP contribution in [-0.4, -0.2) is 115 Å². The predicted octanol–water partition coefficient (Wildman–Crippen LogP) is 6.30. The minimum atomic E-state index is -5.86. The number of piperidine rings is 2. The molecular formula is C51H58F4N7O10PS. The predicted molar refractivity (Wildman–Crippen MR) is 265 cm³/mol. The molecule has 4 N–H and O–H groups in total. The lowest BCUT2D eigenvalue weighted by atomic mass is 9.82. The third-order valence-corrected chi connectivity index (χ3v) is 17.2. The lowest BCUT2D eigenvalue weighted by Gasteiger charge is -2.40. The summed E-state index contributed by atoms with van der Waals surface area (Å²) in [6, 6.07) is 11.8. The van der Waals surface area contributed by atoms with Crippen molar-refractivity contribution in [3.63, 3.8) is 0 Å². The van der Waals surface area contributed by atoms with Gasteiger partial charge in [-0.1, -0.05) is 57.2 Å². The van der Waals surface area contributed by atoms with Gasteiger partial charge in [-0.2, -0.15) is 8.78 Å². The van der Waals surface area contributed by atoms with E-state index in [-0.39, 0.29) is 90.2 Å². The number of carbonyl (C=O) groups is 5. The van der Waals surface area contributed by atoms with Crippen molar-refractivity contribution in [2.45, 2.75) is 95.7 Å². The average Bonchev–Trinajstić information content (AvgIpc) is 4.05. The van der Waals surface area contributed by atoms with E-state index in [4.69, 9.17) is 4.74 Å². The molecule has 0 bridgehead atoms. The number of nitrogens with one attached hydrogen (secondary N) is 2. The van der Waals surface area contributed by atoms with Gasteiger partial charge in [0.25, 0.3) is 5.91 Å². The third-order valence-electron chi connectivity index (χ3n) is 15.1. The van der Waals surface area contributed by atoms with Crippen LogP contribution < -0.4 is 16.3 Å². The maximum Gasteiger partial charge on any atom is 0.399 e. The number of fused-ring (bicyclic) bond motifs is 2. The Kier molecular flexibility index (Phi) is 14.6. The second kappa shape index (κ2) is 20.4. The van der Waals surface area contributed by atoms with E-state index in [1.807, 2.05) is 35.2 Å². The zero-order chi connectivity index (χ0) is 53.2. The van der Waals surface area contributed by atoms with E-state index in [0.717, 1.165) is 44.2 Å². The molecule has 2 unspecified atom stereocenters. The molecule has 3 aromatic carbocycles. The first-order chi connectivity index (χ1) is 34.9. The van der Waals surface area contributed by atoms with Gasteiger partial charge in [0.1, 0.15) is 35.6 Å². The topological polar surface area (TPSA) is 213 Å². The number of rotatable bonds is 12. The number of ether oxygens (including phenoxy) is 1. The first-order valence-electron chi connectivity index (χ1n) is 24.6. The van der Waals surface area contributed by atoms with E-state index in [1.165, 1.54) is 19.2 Å². The molecule has 9 rings (SSSR count). The molecule has 0 saturated carbocycles. The Morgan fingerprint density at radius 3 is 2.34 bits per heavy atom. The molecule has 0 aliphatic carbocycles. The molecule has 4 saturated heterocycles. The lowest BCUT2D eigenvalue weighted by molar-refractivity contribution is -0.152. The Labute approximate surface area is 426 Å². The number of alkyl halides is 2. The van der Waals surface area contributed by atoms with Crippen molar-refractivity contribution in [2.24, 2.45) is 24.3 Å². The highest BCUT2D eigenvalue weighted by atomic mass is 32.1. The summed E-state index contributed by atoms with van der Waals surface area (Å²) >= 11 is 0.957. The van der Waals surface area contributed by atoms with Gasteiger partial charge in [-0.3, -0.25) is 47.9 Å². The van der Waals surface area contributed by atoms with Crippen molar-refractivity contribution < 1.29 is 60.6 Å². The Bertz CT molecular complexity index is 3150. The van der Waals surface area contributed by atoms with Gasteiger partial charge in [0.05, 0.1) is 23.5 Å². The van der Waals surface area contributed by atoms with Crippen molar-refractivity contribution in [2.75, 3.05) is 39.3 Å². The fourth-order valence-corrected chi connectivity index (χ4v) is 12.4. The van der Waals surface area contributed by atoms with Crippen LogP contribution in [0.25, 0.3) is 21.1 Å². The molecule has 396 valence electrons. The van der Waals surface area contributed by atoms with E-state index >= 15 is 18.4 Å². The standard InChI is InChI=1S/C51H58F4N7O10PS/c1-50(2,3)44(57-46(65)39-24-31-23-32(10-12-38(31)74-39)51(54,55)73(69,70)71)48(67)61-19-16-30(42(61)47(66)60-20-21-72-37(27-60)29-8-6-5-7-9-29)22-28-14-17-59(18-15-28)26-33-34(52)25-36-43(41(33)53)58(4)49(68)62(36)35-11-13-40(63)56-45(35)64/h5-10,12,23-25,28,30,35,37,42,44H,11,13-22,26-27H2,1-4H3,(H,57,65)(H,56,63,64)(H2,69,70,71)/t30-,35?,37?,42-,44+/m0/s1. The summed E-state index contributed by atoms with van der Waals surface area (Å²) < 4.78 is 81.8. The SMILES string of the molecule is Cn1c(=O)n(C2CCC(=O)NC2=O)c2cc(F)c(CN3CCC(C[C@@H]4CCN(C(=O)[C@@H](NC(=O)c5cc6cc(C(F)(F)P(=O)(O)O)ccc6s5)C(C)(C)C)[C@@H]4C(=O)N4CCOC(c5ccccc5)C4)CC3)c(F)c21. The lowest BCUT2D eigenvalue weighted by Crippen LogP contribution is -2.59. The van der Waals surface area contributed by atoms with E-state index in [1.54, 1.807) is 30.6 Å². The van der Waals surface area contributed by atoms with Crippen LogP contribution in [0, 0.1) is 28.9 Å². The number of carbonyl (C=O) groups excluding carboxylic acids is 5. The van der Waals surface area contributed by atoms with E-state index < -0.39 is 89.4 Å². The quantitative estimate of drug-likeness (QED) is 0.0619. The Morgan fingerprint density at radius 1 is 0.946 bits per heavy atom. The number of hydrogen-bond donors (Lipinski definition) is 4. The number of aromatic nitrogens is 2. The average molecular weight is 1070 g/mol. The van der Waals surface area contributed by atoms with Gasteiger partial charge in [-0.15, -0.1) is 11.3 Å². The summed E-state index contributed by atoms with van der Waals surface area (Å²) in [5.74, 6) is -4.66. The van der Waals surface area contributed by atoms with Crippen LogP contribution in [0.15, 0.2) is 65.5 Å². The molecule has 4 fully saturated rings. The fraction of sp³-hybridized carbons (Fsp3) is 0.490. The van der Waals surface area contributed by atoms with Crippen LogP contribution in [0.1, 0.15) is 97.8 Å². The molecule has 23 heteroatoms. The van der Waals surface area contributed by atoms with Crippen LogP contribution in [0.5, 0.6) is 0 Å². The second-order valence-electron chi connectivity index (χ2n) is 21.0. The summed E-state index contributed by atoms with van der Waals surface area (Å²) in [6.07, 6.45) is 1.83. The molecule has 4 aliphatic rings. The van der Waals surface area contributed by atoms with Crippen LogP contribution in [0.3, 0.4) is 0 Å². The molecule has 6 heterocycles. The summed E-state index contributed by atoms with van der Waals surface area (Å²) in [5, 5.41) is 5.21. The molecule has 5 atom stereocenters. The monoisotopic (exact) mass is 1070 g/mol. The summed E-state index contributed by atoms with van der Waals surface area (Å²) in [5.41, 5.74) is -6.57. The Hall–Kier alpha value is -5.77. The number of benzene rings is 3. The van der Waals surface area contributed by atoms with E-state index in [2.05, 4.69) is 10.6 Å². The molecule has 2 aromatic heterocycles. The normalized spacial score (nSPS) is 22.1. The van der Waals surface area contributed by atoms with E-state index in [0.29, 0.717) is 43.5 Å². The van der Waals surface area contributed by atoms with Crippen LogP contribution >= 0.6 is 18.9 Å². The highest BCUT2D eigenvalue weighted by Gasteiger charge is 2.51. The van der Waals surface area contributed by atoms with Crippen molar-refractivity contribution in [3.05, 3.63) is 104 Å². The number of halogens is 4. The van der Waals surface area contributed by atoms with Gasteiger partial charge in [0.15, 0.2) is 5.82 Å². The number of imidazole rings is 1. The van der Waals surface area contributed by atoms with Gasteiger partial charge >= 0.3 is 18.9 Å². The van der Waals surface area contributed by atoms with Crippen molar-refractivity contribution in [3.8, 4) is 0 Å². The molecule has 0 radical (unpaired) electrons. The number of hydrogen-bond acceptors (Lipinski definition) is 10. The molecule has 0 spiro atoms. The van der Waals surface area contributed by atoms with Crippen molar-refractivity contribution in [1.82, 2.24) is 34.5 Å². The summed E-state index contributed by atoms with van der Waals surface area (Å²) in [6.45, 7) is 7.14. The van der Waals surface area contributed by atoms with Crippen molar-refractivity contribution in [1.29, 1.82) is 0 Å². The highest BCUT2D eigenvalue weighted by molar-refractivity contribution is 7.52. The third kappa shape index (κ3) is 10.2. The largest absolute Gasteiger partial charge is 0.399 e. The number of aryl methyl sites for hydroxylation is 1. The van der Waals surface area contributed by atoms with Gasteiger partial charge in [-0.05, 0) is 91.6 Å². The molecule has 17 nitrogen and oxygen atoms in total. The maximum absolute atomic E-state index is 16.4. The minimum absolute atomic E-state index is 0.00640. The summed E-state index contributed by atoms with van der Waals surface area (Å²) in [4.78, 5) is 106. The number of morpholine rings is 1. The number of amides is 5. The van der Waals surface area contributed by atoms with Crippen LogP contribution in [-0.2, 0) is 47.7 Å². The molecule has 74 heavy (non-hydrogen) atoms. The molecular weight excluding hydrogens is 1010 g/mol. The minimum Gasteiger partial charge on any atom is -0.370 e. The Morgan fingerprint density at radius 2 is 1.66 bits per heavy atom. The highest BCUT2D eigenvalue weighted by Crippen LogP contribution is 2.59. The number of imide groups is 1. The van der Waals surface area contributed by atoms with Crippen LogP contribution in [0.4, 0.5) is 17.6 Å². The Balaban J connectivity index is 0.928. The number of nitrogens with zero attached hydrogens (tertiary/aromatic N) is 5. The van der Waals surface area contributed by atoms with Gasteiger partial charge in [0.2, 0.25) is 23.6 Å². The van der Waals surface area contributed by atoms with Gasteiger partial charge in [0, 0.05) is 55.0 Å². The van der Waals surface area contributed by atoms with Crippen molar-refractivity contribution >= 4 is 69.6 Å². The maximum atomic E-state index is 16.4. The number of thiophene rings is 1. The van der Waals surface area contributed by atoms with Gasteiger partial charge in [-0.25, -0.2) is 13.6 Å². The van der Waals surface area contributed by atoms with Gasteiger partial charge < -0.3 is 29.6 Å². The summed E-state index contributed by atoms with van der Waals surface area (Å²) in [7, 11) is -4.51. The smallest absolute Gasteiger partial charge is 0.370 e. The number of likely N-dealkylation sites (tertiary alicyclic amines) is 2. The second-order valence-corrected chi connectivity index (χ2v) is 23.7. The fourth-order valence-electron chi connectivity index (χ4n) is 11.0. The van der Waals surface area contributed by atoms with E-state index in [9.17, 15) is 42.3 Å².